The number of hydrogen-bond donors (Lipinski definition) is 2. The fourth-order valence-corrected chi connectivity index (χ4v) is 2.18. The van der Waals surface area contributed by atoms with Crippen molar-refractivity contribution in [3.63, 3.8) is 0 Å². The molecule has 4 nitrogen and oxygen atoms in total. The van der Waals surface area contributed by atoms with Gasteiger partial charge in [-0.05, 0) is 41.1 Å². The monoisotopic (exact) mass is 309 g/mol. The molecule has 0 aliphatic carbocycles. The van der Waals surface area contributed by atoms with Crippen molar-refractivity contribution in [3.8, 4) is 0 Å². The average molecular weight is 310 g/mol. The average Bonchev–Trinajstić information content (AvgIpc) is 2.38. The summed E-state index contributed by atoms with van der Waals surface area (Å²) in [7, 11) is 1.94. The zero-order chi connectivity index (χ0) is 13.3. The summed E-state index contributed by atoms with van der Waals surface area (Å²) in [6, 6.07) is 5.79. The number of anilines is 2. The van der Waals surface area contributed by atoms with Crippen LogP contribution in [0.4, 0.5) is 11.4 Å². The van der Waals surface area contributed by atoms with Gasteiger partial charge in [0.05, 0.1) is 17.8 Å². The van der Waals surface area contributed by atoms with E-state index in [9.17, 15) is 5.11 Å². The van der Waals surface area contributed by atoms with Gasteiger partial charge in [-0.15, -0.1) is 0 Å². The Morgan fingerprint density at radius 1 is 1.50 bits per heavy atom. The number of likely N-dealkylation sites (N-methyl/N-ethyl adjacent to an activating group) is 1. The van der Waals surface area contributed by atoms with Crippen molar-refractivity contribution >= 4 is 38.2 Å². The van der Waals surface area contributed by atoms with Crippen molar-refractivity contribution in [1.82, 2.24) is 4.98 Å². The maximum Gasteiger partial charge on any atom is 0.0956 e. The lowest BCUT2D eigenvalue weighted by Gasteiger charge is -2.26. The molecule has 1 unspecified atom stereocenters. The number of aromatic nitrogens is 1. The van der Waals surface area contributed by atoms with Gasteiger partial charge in [0, 0.05) is 34.8 Å². The maximum atomic E-state index is 9.24. The van der Waals surface area contributed by atoms with Gasteiger partial charge in [0.25, 0.3) is 0 Å². The molecule has 1 heterocycles. The second kappa shape index (κ2) is 5.12. The third kappa shape index (κ3) is 2.28. The minimum Gasteiger partial charge on any atom is -0.398 e. The zero-order valence-corrected chi connectivity index (χ0v) is 12.0. The summed E-state index contributed by atoms with van der Waals surface area (Å²) in [6.45, 7) is 2.06. The number of pyridine rings is 1. The van der Waals surface area contributed by atoms with Crippen LogP contribution in [-0.2, 0) is 0 Å². The number of rotatable bonds is 3. The third-order valence-corrected chi connectivity index (χ3v) is 3.57. The highest BCUT2D eigenvalue weighted by atomic mass is 79.9. The number of nitrogen functional groups attached to an aromatic ring is 1. The first kappa shape index (κ1) is 13.1. The summed E-state index contributed by atoms with van der Waals surface area (Å²) < 4.78 is 0.900. The van der Waals surface area contributed by atoms with Crippen LogP contribution in [0.15, 0.2) is 28.9 Å². The van der Waals surface area contributed by atoms with E-state index in [1.807, 2.05) is 37.1 Å². The molecule has 0 saturated heterocycles. The normalized spacial score (nSPS) is 12.7. The van der Waals surface area contributed by atoms with Gasteiger partial charge in [-0.1, -0.05) is 0 Å². The van der Waals surface area contributed by atoms with E-state index in [1.165, 1.54) is 0 Å². The van der Waals surface area contributed by atoms with Crippen LogP contribution in [0, 0.1) is 0 Å². The lowest BCUT2D eigenvalue weighted by molar-refractivity contribution is 0.270. The number of benzene rings is 1. The molecule has 1 aromatic heterocycles. The molecular formula is C13H16BrN3O. The number of aliphatic hydroxyl groups excluding tert-OH is 1. The molecule has 18 heavy (non-hydrogen) atoms. The molecule has 1 aromatic carbocycles. The molecule has 0 aliphatic rings. The topological polar surface area (TPSA) is 62.4 Å². The summed E-state index contributed by atoms with van der Waals surface area (Å²) in [6.07, 6.45) is 1.75. The molecule has 2 aromatic rings. The number of halogens is 1. The molecule has 0 saturated carbocycles. The molecule has 0 amide bonds. The van der Waals surface area contributed by atoms with Crippen LogP contribution < -0.4 is 10.6 Å². The van der Waals surface area contributed by atoms with Gasteiger partial charge in [-0.25, -0.2) is 0 Å². The minimum absolute atomic E-state index is 0.0299. The Labute approximate surface area is 115 Å². The number of nitrogens with zero attached hydrogens (tertiary/aromatic N) is 2. The van der Waals surface area contributed by atoms with Gasteiger partial charge in [0.15, 0.2) is 0 Å². The molecule has 96 valence electrons. The first-order valence-electron chi connectivity index (χ1n) is 5.72. The van der Waals surface area contributed by atoms with Crippen molar-refractivity contribution in [2.24, 2.45) is 0 Å². The first-order valence-corrected chi connectivity index (χ1v) is 6.51. The van der Waals surface area contributed by atoms with E-state index in [2.05, 4.69) is 20.9 Å². The van der Waals surface area contributed by atoms with Gasteiger partial charge < -0.3 is 15.7 Å². The second-order valence-corrected chi connectivity index (χ2v) is 5.28. The summed E-state index contributed by atoms with van der Waals surface area (Å²) >= 11 is 3.40. The minimum atomic E-state index is 0.0299. The molecule has 5 heteroatoms. The van der Waals surface area contributed by atoms with E-state index < -0.39 is 0 Å². The van der Waals surface area contributed by atoms with Gasteiger partial charge in [0.1, 0.15) is 0 Å². The Balaban J connectivity index is 2.62. The van der Waals surface area contributed by atoms with Crippen LogP contribution in [0.3, 0.4) is 0 Å². The summed E-state index contributed by atoms with van der Waals surface area (Å²) in [5.74, 6) is 0. The molecule has 0 spiro atoms. The molecule has 2 rings (SSSR count). The first-order chi connectivity index (χ1) is 8.54. The number of aliphatic hydroxyl groups is 1. The molecule has 0 aliphatic heterocycles. The fraction of sp³-hybridized carbons (Fsp3) is 0.308. The third-order valence-electron chi connectivity index (χ3n) is 3.13. The summed E-state index contributed by atoms with van der Waals surface area (Å²) in [5, 5.41) is 10.2. The van der Waals surface area contributed by atoms with Crippen LogP contribution in [0.2, 0.25) is 0 Å². The van der Waals surface area contributed by atoms with E-state index >= 15 is 0 Å². The van der Waals surface area contributed by atoms with Gasteiger partial charge >= 0.3 is 0 Å². The van der Waals surface area contributed by atoms with E-state index in [1.54, 1.807) is 6.20 Å². The predicted molar refractivity (Wildman–Crippen MR) is 78.8 cm³/mol. The van der Waals surface area contributed by atoms with Crippen molar-refractivity contribution < 1.29 is 5.11 Å². The standard InChI is InChI=1S/C13H16BrN3O/c1-8(7-18)17(2)12-4-3-11(15)10-5-9(14)6-16-13(10)12/h3-6,8,18H,7,15H2,1-2H3. The van der Waals surface area contributed by atoms with Crippen molar-refractivity contribution in [2.45, 2.75) is 13.0 Å². The smallest absolute Gasteiger partial charge is 0.0956 e. The SMILES string of the molecule is CC(CO)N(C)c1ccc(N)c2cc(Br)cnc12. The zero-order valence-electron chi connectivity index (χ0n) is 10.4. The van der Waals surface area contributed by atoms with Crippen molar-refractivity contribution in [2.75, 3.05) is 24.3 Å². The molecule has 3 N–H and O–H groups in total. The lowest BCUT2D eigenvalue weighted by Crippen LogP contribution is -2.32. The summed E-state index contributed by atoms with van der Waals surface area (Å²) in [5.41, 5.74) is 8.49. The van der Waals surface area contributed by atoms with Gasteiger partial charge in [-0.3, -0.25) is 4.98 Å². The molecule has 0 fully saturated rings. The van der Waals surface area contributed by atoms with Crippen LogP contribution in [0.5, 0.6) is 0 Å². The quantitative estimate of drug-likeness (QED) is 0.855. The summed E-state index contributed by atoms with van der Waals surface area (Å²) in [4.78, 5) is 6.43. The number of hydrogen-bond acceptors (Lipinski definition) is 4. The Bertz CT molecular complexity index is 573. The number of nitrogens with two attached hydrogens (primary N) is 1. The highest BCUT2D eigenvalue weighted by Gasteiger charge is 2.14. The van der Waals surface area contributed by atoms with E-state index in [0.717, 1.165) is 21.1 Å². The molecule has 0 radical (unpaired) electrons. The van der Waals surface area contributed by atoms with E-state index in [-0.39, 0.29) is 12.6 Å². The number of fused-ring (bicyclic) bond motifs is 1. The highest BCUT2D eigenvalue weighted by Crippen LogP contribution is 2.31. The molecular weight excluding hydrogens is 294 g/mol. The van der Waals surface area contributed by atoms with Gasteiger partial charge in [-0.2, -0.15) is 0 Å². The highest BCUT2D eigenvalue weighted by molar-refractivity contribution is 9.10. The van der Waals surface area contributed by atoms with Crippen LogP contribution in [0.1, 0.15) is 6.92 Å². The second-order valence-electron chi connectivity index (χ2n) is 4.37. The van der Waals surface area contributed by atoms with E-state index in [4.69, 9.17) is 5.73 Å². The van der Waals surface area contributed by atoms with Crippen molar-refractivity contribution in [3.05, 3.63) is 28.9 Å². The Kier molecular flexibility index (Phi) is 3.73. The molecule has 1 atom stereocenters. The van der Waals surface area contributed by atoms with Gasteiger partial charge in [0.2, 0.25) is 0 Å². The predicted octanol–water partition coefficient (Wildman–Crippen LogP) is 2.40. The fourth-order valence-electron chi connectivity index (χ4n) is 1.85. The Morgan fingerprint density at radius 2 is 2.22 bits per heavy atom. The van der Waals surface area contributed by atoms with Crippen LogP contribution >= 0.6 is 15.9 Å². The Hall–Kier alpha value is -1.33. The maximum absolute atomic E-state index is 9.24. The van der Waals surface area contributed by atoms with Crippen LogP contribution in [0.25, 0.3) is 10.9 Å². The van der Waals surface area contributed by atoms with Crippen LogP contribution in [-0.4, -0.2) is 29.8 Å². The lowest BCUT2D eigenvalue weighted by atomic mass is 10.1. The van der Waals surface area contributed by atoms with Crippen molar-refractivity contribution in [1.29, 1.82) is 0 Å². The van der Waals surface area contributed by atoms with E-state index in [0.29, 0.717) is 5.69 Å². The largest absolute Gasteiger partial charge is 0.398 e. The Morgan fingerprint density at radius 3 is 2.89 bits per heavy atom. The molecule has 0 bridgehead atoms.